The third-order valence-electron chi connectivity index (χ3n) is 4.40. The molecule has 0 radical (unpaired) electrons. The molecule has 3 unspecified atom stereocenters. The Balaban J connectivity index is 2.26. The van der Waals surface area contributed by atoms with Crippen LogP contribution in [0.4, 0.5) is 0 Å². The molecule has 1 saturated heterocycles. The number of hydrogen-bond acceptors (Lipinski definition) is 3. The zero-order valence-electron chi connectivity index (χ0n) is 13.0. The molecule has 1 aromatic rings. The predicted octanol–water partition coefficient (Wildman–Crippen LogP) is 3.60. The van der Waals surface area contributed by atoms with E-state index in [2.05, 4.69) is 61.7 Å². The Labute approximate surface area is 128 Å². The topological polar surface area (TPSA) is 29.3 Å². The van der Waals surface area contributed by atoms with Gasteiger partial charge in [-0.2, -0.15) is 11.8 Å². The minimum Gasteiger partial charge on any atom is -0.326 e. The maximum absolute atomic E-state index is 6.49. The van der Waals surface area contributed by atoms with Crippen molar-refractivity contribution in [2.24, 2.45) is 5.73 Å². The lowest BCUT2D eigenvalue weighted by Crippen LogP contribution is -2.47. The van der Waals surface area contributed by atoms with E-state index < -0.39 is 0 Å². The van der Waals surface area contributed by atoms with Crippen LogP contribution < -0.4 is 5.73 Å². The minimum atomic E-state index is 0.219. The number of rotatable bonds is 5. The molecular weight excluding hydrogens is 264 g/mol. The van der Waals surface area contributed by atoms with E-state index in [9.17, 15) is 0 Å². The first-order valence-corrected chi connectivity index (χ1v) is 8.89. The van der Waals surface area contributed by atoms with Gasteiger partial charge in [-0.15, -0.1) is 0 Å². The van der Waals surface area contributed by atoms with Gasteiger partial charge in [0, 0.05) is 30.1 Å². The zero-order chi connectivity index (χ0) is 14.5. The number of thioether (sulfide) groups is 1. The summed E-state index contributed by atoms with van der Waals surface area (Å²) in [6, 6.07) is 9.33. The van der Waals surface area contributed by atoms with E-state index >= 15 is 0 Å². The van der Waals surface area contributed by atoms with E-state index in [4.69, 9.17) is 5.73 Å². The summed E-state index contributed by atoms with van der Waals surface area (Å²) in [5.74, 6) is 1.23. The van der Waals surface area contributed by atoms with Crippen LogP contribution in [0.3, 0.4) is 0 Å². The Morgan fingerprint density at radius 2 is 2.10 bits per heavy atom. The molecule has 3 heteroatoms. The van der Waals surface area contributed by atoms with Crippen LogP contribution in [0.25, 0.3) is 0 Å². The van der Waals surface area contributed by atoms with E-state index in [-0.39, 0.29) is 6.04 Å². The zero-order valence-corrected chi connectivity index (χ0v) is 13.8. The summed E-state index contributed by atoms with van der Waals surface area (Å²) in [4.78, 5) is 2.63. The van der Waals surface area contributed by atoms with Gasteiger partial charge >= 0.3 is 0 Å². The van der Waals surface area contributed by atoms with Crippen molar-refractivity contribution < 1.29 is 0 Å². The number of nitrogens with two attached hydrogens (primary N) is 1. The highest BCUT2D eigenvalue weighted by Gasteiger charge is 2.30. The summed E-state index contributed by atoms with van der Waals surface area (Å²) in [7, 11) is 0. The van der Waals surface area contributed by atoms with Gasteiger partial charge in [0.25, 0.3) is 0 Å². The molecule has 20 heavy (non-hydrogen) atoms. The maximum Gasteiger partial charge on any atom is 0.0502 e. The first-order valence-electron chi connectivity index (χ1n) is 7.84. The molecule has 1 aromatic carbocycles. The fourth-order valence-corrected chi connectivity index (χ4v) is 4.29. The van der Waals surface area contributed by atoms with Crippen LogP contribution in [0.5, 0.6) is 0 Å². The Bertz CT molecular complexity index is 421. The molecule has 1 aliphatic rings. The normalized spacial score (nSPS) is 23.5. The molecule has 1 aliphatic heterocycles. The number of nitrogens with zero attached hydrogens (tertiary/aromatic N) is 1. The van der Waals surface area contributed by atoms with Crippen LogP contribution in [0.1, 0.15) is 43.9 Å². The lowest BCUT2D eigenvalue weighted by molar-refractivity contribution is 0.173. The highest BCUT2D eigenvalue weighted by atomic mass is 32.2. The van der Waals surface area contributed by atoms with Gasteiger partial charge in [-0.25, -0.2) is 0 Å². The quantitative estimate of drug-likeness (QED) is 0.899. The first kappa shape index (κ1) is 15.9. The van der Waals surface area contributed by atoms with Crippen LogP contribution in [0, 0.1) is 6.92 Å². The van der Waals surface area contributed by atoms with Crippen molar-refractivity contribution in [2.45, 2.75) is 50.9 Å². The summed E-state index contributed by atoms with van der Waals surface area (Å²) in [5, 5.41) is 0.763. The molecule has 0 spiro atoms. The van der Waals surface area contributed by atoms with E-state index in [0.717, 1.165) is 18.2 Å². The first-order chi connectivity index (χ1) is 9.67. The summed E-state index contributed by atoms with van der Waals surface area (Å²) >= 11 is 2.12. The van der Waals surface area contributed by atoms with Gasteiger partial charge < -0.3 is 5.73 Å². The van der Waals surface area contributed by atoms with Gasteiger partial charge in [-0.3, -0.25) is 4.90 Å². The molecule has 0 saturated carbocycles. The summed E-state index contributed by atoms with van der Waals surface area (Å²) in [5.41, 5.74) is 9.28. The van der Waals surface area contributed by atoms with Crippen molar-refractivity contribution in [3.05, 3.63) is 35.4 Å². The third-order valence-corrected chi connectivity index (χ3v) is 5.78. The second kappa shape index (κ2) is 7.48. The largest absolute Gasteiger partial charge is 0.326 e. The average Bonchev–Trinajstić information content (AvgIpc) is 2.49. The van der Waals surface area contributed by atoms with Crippen molar-refractivity contribution in [3.8, 4) is 0 Å². The van der Waals surface area contributed by atoms with Gasteiger partial charge in [0.1, 0.15) is 0 Å². The van der Waals surface area contributed by atoms with Gasteiger partial charge in [-0.1, -0.05) is 38.1 Å². The summed E-state index contributed by atoms with van der Waals surface area (Å²) < 4.78 is 0. The van der Waals surface area contributed by atoms with E-state index in [1.807, 2.05) is 0 Å². The summed E-state index contributed by atoms with van der Waals surface area (Å²) in [6.45, 7) is 9.04. The molecule has 3 atom stereocenters. The molecule has 1 heterocycles. The van der Waals surface area contributed by atoms with Crippen LogP contribution in [0.15, 0.2) is 24.3 Å². The van der Waals surface area contributed by atoms with Crippen molar-refractivity contribution in [1.29, 1.82) is 0 Å². The molecule has 0 amide bonds. The van der Waals surface area contributed by atoms with Crippen LogP contribution >= 0.6 is 11.8 Å². The Morgan fingerprint density at radius 3 is 2.75 bits per heavy atom. The molecule has 0 aromatic heterocycles. The smallest absolute Gasteiger partial charge is 0.0502 e. The van der Waals surface area contributed by atoms with Gasteiger partial charge in [-0.05, 0) is 30.9 Å². The fourth-order valence-electron chi connectivity index (χ4n) is 3.08. The molecule has 2 nitrogen and oxygen atoms in total. The van der Waals surface area contributed by atoms with Gasteiger partial charge in [0.05, 0.1) is 6.04 Å². The standard InChI is InChI=1S/C17H28N2S/c1-4-14-12-19(10-11-20-14)17(16(18)5-2)15-9-7-6-8-13(15)3/h6-9,14,16-17H,4-5,10-12,18H2,1-3H3. The van der Waals surface area contributed by atoms with Crippen LogP contribution in [-0.2, 0) is 0 Å². The fraction of sp³-hybridized carbons (Fsp3) is 0.647. The monoisotopic (exact) mass is 292 g/mol. The molecule has 1 fully saturated rings. The second-order valence-corrected chi connectivity index (χ2v) is 7.18. The Morgan fingerprint density at radius 1 is 1.35 bits per heavy atom. The van der Waals surface area contributed by atoms with E-state index in [1.54, 1.807) is 0 Å². The van der Waals surface area contributed by atoms with Gasteiger partial charge in [0.15, 0.2) is 0 Å². The Hall–Kier alpha value is -0.510. The molecule has 2 N–H and O–H groups in total. The SMILES string of the molecule is CCC1CN(C(c2ccccc2C)C(N)CC)CCS1. The van der Waals surface area contributed by atoms with E-state index in [1.165, 1.54) is 29.8 Å². The lowest BCUT2D eigenvalue weighted by Gasteiger charge is -2.41. The van der Waals surface area contributed by atoms with Crippen molar-refractivity contribution in [1.82, 2.24) is 4.90 Å². The molecular formula is C17H28N2S. The average molecular weight is 292 g/mol. The highest BCUT2D eigenvalue weighted by Crippen LogP contribution is 2.32. The summed E-state index contributed by atoms with van der Waals surface area (Å²) in [6.07, 6.45) is 2.28. The van der Waals surface area contributed by atoms with Crippen molar-refractivity contribution in [2.75, 3.05) is 18.8 Å². The number of hydrogen-bond donors (Lipinski definition) is 1. The second-order valence-electron chi connectivity index (χ2n) is 5.77. The molecule has 112 valence electrons. The molecule has 0 aliphatic carbocycles. The Kier molecular flexibility index (Phi) is 5.94. The molecule has 2 rings (SSSR count). The van der Waals surface area contributed by atoms with Crippen LogP contribution in [0.2, 0.25) is 0 Å². The van der Waals surface area contributed by atoms with E-state index in [0.29, 0.717) is 6.04 Å². The minimum absolute atomic E-state index is 0.219. The molecule has 0 bridgehead atoms. The van der Waals surface area contributed by atoms with Crippen molar-refractivity contribution in [3.63, 3.8) is 0 Å². The predicted molar refractivity (Wildman–Crippen MR) is 90.3 cm³/mol. The maximum atomic E-state index is 6.49. The third kappa shape index (κ3) is 3.57. The number of benzene rings is 1. The van der Waals surface area contributed by atoms with Crippen LogP contribution in [-0.4, -0.2) is 35.0 Å². The van der Waals surface area contributed by atoms with Crippen molar-refractivity contribution >= 4 is 11.8 Å². The highest BCUT2D eigenvalue weighted by molar-refractivity contribution is 8.00. The number of aryl methyl sites for hydroxylation is 1. The van der Waals surface area contributed by atoms with Gasteiger partial charge in [0.2, 0.25) is 0 Å². The lowest BCUT2D eigenvalue weighted by atomic mass is 9.92.